The smallest absolute Gasteiger partial charge is 0.214 e. The molecule has 0 amide bonds. The molecule has 0 aliphatic carbocycles. The molecule has 0 unspecified atom stereocenters. The molecule has 0 saturated carbocycles. The molecule has 0 aliphatic heterocycles. The first-order valence-corrected chi connectivity index (χ1v) is 11.7. The van der Waals surface area contributed by atoms with Gasteiger partial charge in [-0.25, -0.2) is 0 Å². The van der Waals surface area contributed by atoms with Gasteiger partial charge in [0.25, 0.3) is 0 Å². The lowest BCUT2D eigenvalue weighted by Crippen LogP contribution is -2.17. The Kier molecular flexibility index (Phi) is 9.57. The van der Waals surface area contributed by atoms with Crippen LogP contribution in [0.5, 0.6) is 5.75 Å². The van der Waals surface area contributed by atoms with Crippen molar-refractivity contribution < 1.29 is 4.74 Å². The summed E-state index contributed by atoms with van der Waals surface area (Å²) in [4.78, 5) is 0. The van der Waals surface area contributed by atoms with Crippen molar-refractivity contribution in [1.29, 1.82) is 0 Å². The van der Waals surface area contributed by atoms with Gasteiger partial charge in [0.1, 0.15) is 12.4 Å². The molecule has 0 spiro atoms. The zero-order chi connectivity index (χ0) is 22.2. The summed E-state index contributed by atoms with van der Waals surface area (Å²) < 4.78 is 7.81. The van der Waals surface area contributed by atoms with E-state index in [1.54, 1.807) is 16.4 Å². The standard InChI is InChI=1S/C24H24ClN5OS.ClH/c1-18-7-9-19(10-8-18)17-31-23-12-11-21(25)15-20(23)16-26-13-14-32-24-27-28-29-30(24)22-5-3-2-4-6-22;/h2-12,15,26H,13-14,16-17H2,1H3;1H. The van der Waals surface area contributed by atoms with Crippen molar-refractivity contribution in [2.75, 3.05) is 12.3 Å². The van der Waals surface area contributed by atoms with Crippen LogP contribution in [-0.2, 0) is 13.2 Å². The Morgan fingerprint density at radius 1 is 1.03 bits per heavy atom. The Morgan fingerprint density at radius 2 is 1.82 bits per heavy atom. The summed E-state index contributed by atoms with van der Waals surface area (Å²) in [5.41, 5.74) is 4.35. The summed E-state index contributed by atoms with van der Waals surface area (Å²) in [5.74, 6) is 1.66. The summed E-state index contributed by atoms with van der Waals surface area (Å²) in [6.07, 6.45) is 0. The minimum absolute atomic E-state index is 0. The van der Waals surface area contributed by atoms with Crippen LogP contribution in [0.15, 0.2) is 78.0 Å². The average Bonchev–Trinajstić information content (AvgIpc) is 3.28. The van der Waals surface area contributed by atoms with Crippen LogP contribution in [0.4, 0.5) is 0 Å². The Balaban J connectivity index is 0.00000306. The molecule has 9 heteroatoms. The molecule has 4 rings (SSSR count). The fourth-order valence-corrected chi connectivity index (χ4v) is 4.09. The van der Waals surface area contributed by atoms with Gasteiger partial charge in [-0.15, -0.1) is 17.5 Å². The quantitative estimate of drug-likeness (QED) is 0.228. The van der Waals surface area contributed by atoms with Crippen molar-refractivity contribution >= 4 is 35.8 Å². The Hall–Kier alpha value is -2.58. The highest BCUT2D eigenvalue weighted by molar-refractivity contribution is 7.99. The van der Waals surface area contributed by atoms with Crippen LogP contribution in [0, 0.1) is 6.92 Å². The second kappa shape index (κ2) is 12.6. The maximum Gasteiger partial charge on any atom is 0.214 e. The summed E-state index contributed by atoms with van der Waals surface area (Å²) in [7, 11) is 0. The zero-order valence-electron chi connectivity index (χ0n) is 18.1. The highest BCUT2D eigenvalue weighted by atomic mass is 35.5. The highest BCUT2D eigenvalue weighted by Gasteiger charge is 2.09. The van der Waals surface area contributed by atoms with Crippen molar-refractivity contribution in [2.24, 2.45) is 0 Å². The van der Waals surface area contributed by atoms with E-state index < -0.39 is 0 Å². The molecule has 6 nitrogen and oxygen atoms in total. The van der Waals surface area contributed by atoms with E-state index in [2.05, 4.69) is 52.0 Å². The van der Waals surface area contributed by atoms with E-state index in [-0.39, 0.29) is 12.4 Å². The molecule has 1 N–H and O–H groups in total. The number of tetrazole rings is 1. The molecule has 0 radical (unpaired) electrons. The Bertz CT molecular complexity index is 1140. The van der Waals surface area contributed by atoms with Crippen LogP contribution in [0.25, 0.3) is 5.69 Å². The van der Waals surface area contributed by atoms with Gasteiger partial charge in [-0.1, -0.05) is 71.4 Å². The number of benzene rings is 3. The van der Waals surface area contributed by atoms with Gasteiger partial charge in [0.15, 0.2) is 0 Å². The molecular formula is C24H25Cl2N5OS. The second-order valence-electron chi connectivity index (χ2n) is 7.26. The van der Waals surface area contributed by atoms with E-state index in [4.69, 9.17) is 16.3 Å². The van der Waals surface area contributed by atoms with Crippen molar-refractivity contribution in [3.8, 4) is 11.4 Å². The Morgan fingerprint density at radius 3 is 2.61 bits per heavy atom. The highest BCUT2D eigenvalue weighted by Crippen LogP contribution is 2.24. The molecule has 3 aromatic carbocycles. The number of aromatic nitrogens is 4. The van der Waals surface area contributed by atoms with E-state index >= 15 is 0 Å². The molecule has 0 bridgehead atoms. The lowest BCUT2D eigenvalue weighted by molar-refractivity contribution is 0.302. The van der Waals surface area contributed by atoms with Crippen LogP contribution < -0.4 is 10.1 Å². The fraction of sp³-hybridized carbons (Fsp3) is 0.208. The third-order valence-corrected chi connectivity index (χ3v) is 5.96. The van der Waals surface area contributed by atoms with E-state index in [0.717, 1.165) is 40.0 Å². The van der Waals surface area contributed by atoms with Gasteiger partial charge in [0.05, 0.1) is 5.69 Å². The predicted molar refractivity (Wildman–Crippen MR) is 136 cm³/mol. The first-order valence-electron chi connectivity index (χ1n) is 10.3. The lowest BCUT2D eigenvalue weighted by Gasteiger charge is -2.13. The van der Waals surface area contributed by atoms with Crippen LogP contribution >= 0.6 is 35.8 Å². The molecular weight excluding hydrogens is 477 g/mol. The molecule has 0 saturated heterocycles. The SMILES string of the molecule is Cc1ccc(COc2ccc(Cl)cc2CNCCSc2nnnn2-c2ccccc2)cc1.Cl. The van der Waals surface area contributed by atoms with Crippen LogP contribution in [0.2, 0.25) is 5.02 Å². The minimum Gasteiger partial charge on any atom is -0.489 e. The normalized spacial score (nSPS) is 10.6. The van der Waals surface area contributed by atoms with Gasteiger partial charge < -0.3 is 10.1 Å². The van der Waals surface area contributed by atoms with E-state index in [1.165, 1.54) is 5.56 Å². The average molecular weight is 502 g/mol. The van der Waals surface area contributed by atoms with Gasteiger partial charge >= 0.3 is 0 Å². The monoisotopic (exact) mass is 501 g/mol. The summed E-state index contributed by atoms with van der Waals surface area (Å²) >= 11 is 7.83. The number of nitrogens with zero attached hydrogens (tertiary/aromatic N) is 4. The van der Waals surface area contributed by atoms with E-state index in [0.29, 0.717) is 18.2 Å². The summed E-state index contributed by atoms with van der Waals surface area (Å²) in [6, 6.07) is 24.0. The number of halogens is 2. The van der Waals surface area contributed by atoms with Gasteiger partial charge in [0, 0.05) is 29.4 Å². The van der Waals surface area contributed by atoms with E-state index in [9.17, 15) is 0 Å². The van der Waals surface area contributed by atoms with Gasteiger partial charge in [-0.2, -0.15) is 4.68 Å². The third-order valence-electron chi connectivity index (χ3n) is 4.80. The third kappa shape index (κ3) is 7.20. The maximum absolute atomic E-state index is 6.22. The number of hydrogen-bond acceptors (Lipinski definition) is 6. The Labute approximate surface area is 209 Å². The molecule has 172 valence electrons. The van der Waals surface area contributed by atoms with Gasteiger partial charge in [-0.3, -0.25) is 0 Å². The number of ether oxygens (including phenoxy) is 1. The number of thioether (sulfide) groups is 1. The van der Waals surface area contributed by atoms with Crippen molar-refractivity contribution in [3.05, 3.63) is 94.5 Å². The number of nitrogens with one attached hydrogen (secondary N) is 1. The molecule has 1 heterocycles. The second-order valence-corrected chi connectivity index (χ2v) is 8.76. The summed E-state index contributed by atoms with van der Waals surface area (Å²) in [6.45, 7) is 4.05. The van der Waals surface area contributed by atoms with Crippen LogP contribution in [0.1, 0.15) is 16.7 Å². The summed E-state index contributed by atoms with van der Waals surface area (Å²) in [5, 5.41) is 16.9. The van der Waals surface area contributed by atoms with Crippen molar-refractivity contribution in [3.63, 3.8) is 0 Å². The topological polar surface area (TPSA) is 64.9 Å². The van der Waals surface area contributed by atoms with Crippen LogP contribution in [0.3, 0.4) is 0 Å². The molecule has 1 aromatic heterocycles. The molecule has 33 heavy (non-hydrogen) atoms. The maximum atomic E-state index is 6.22. The zero-order valence-corrected chi connectivity index (χ0v) is 20.5. The first kappa shape index (κ1) is 25.1. The fourth-order valence-electron chi connectivity index (χ4n) is 3.11. The predicted octanol–water partition coefficient (Wildman–Crippen LogP) is 5.51. The molecule has 0 fully saturated rings. The number of rotatable bonds is 10. The first-order chi connectivity index (χ1) is 15.7. The van der Waals surface area contributed by atoms with Gasteiger partial charge in [0.2, 0.25) is 5.16 Å². The van der Waals surface area contributed by atoms with E-state index in [1.807, 2.05) is 48.5 Å². The van der Waals surface area contributed by atoms with Crippen molar-refractivity contribution in [2.45, 2.75) is 25.2 Å². The molecule has 0 atom stereocenters. The number of aryl methyl sites for hydroxylation is 1. The lowest BCUT2D eigenvalue weighted by atomic mass is 10.1. The van der Waals surface area contributed by atoms with Crippen LogP contribution in [-0.4, -0.2) is 32.5 Å². The largest absolute Gasteiger partial charge is 0.489 e. The molecule has 4 aromatic rings. The molecule has 0 aliphatic rings. The van der Waals surface area contributed by atoms with Gasteiger partial charge in [-0.05, 0) is 53.2 Å². The van der Waals surface area contributed by atoms with Crippen molar-refractivity contribution in [1.82, 2.24) is 25.5 Å². The number of para-hydroxylation sites is 1. The number of hydrogen-bond donors (Lipinski definition) is 1. The minimum atomic E-state index is 0.